The smallest absolute Gasteiger partial charge is 0.255 e. The first-order chi connectivity index (χ1) is 10.1. The van der Waals surface area contributed by atoms with Crippen molar-refractivity contribution in [1.29, 1.82) is 5.26 Å². The van der Waals surface area contributed by atoms with E-state index in [2.05, 4.69) is 27.9 Å². The van der Waals surface area contributed by atoms with E-state index in [9.17, 15) is 4.79 Å². The first-order valence-corrected chi connectivity index (χ1v) is 7.36. The lowest BCUT2D eigenvalue weighted by Gasteiger charge is -2.12. The summed E-state index contributed by atoms with van der Waals surface area (Å²) in [6.45, 7) is 0. The number of rotatable bonds is 3. The van der Waals surface area contributed by atoms with Gasteiger partial charge in [-0.25, -0.2) is 0 Å². The molecule has 0 bridgehead atoms. The molecule has 0 spiro atoms. The average molecular weight is 413 g/mol. The molecule has 1 amide bonds. The van der Waals surface area contributed by atoms with Gasteiger partial charge in [-0.15, -0.1) is 0 Å². The summed E-state index contributed by atoms with van der Waals surface area (Å²) in [6, 6.07) is 12.0. The molecule has 0 aromatic heterocycles. The van der Waals surface area contributed by atoms with Crippen LogP contribution >= 0.6 is 34.2 Å². The van der Waals surface area contributed by atoms with E-state index in [0.717, 1.165) is 3.57 Å². The molecule has 0 aliphatic rings. The lowest BCUT2D eigenvalue weighted by Crippen LogP contribution is -2.13. The first-order valence-electron chi connectivity index (χ1n) is 5.90. The summed E-state index contributed by atoms with van der Waals surface area (Å²) < 4.78 is 6.04. The summed E-state index contributed by atoms with van der Waals surface area (Å²) in [4.78, 5) is 12.3. The van der Waals surface area contributed by atoms with E-state index in [4.69, 9.17) is 21.6 Å². The van der Waals surface area contributed by atoms with Crippen molar-refractivity contribution in [2.45, 2.75) is 0 Å². The van der Waals surface area contributed by atoms with Crippen LogP contribution in [0.4, 0.5) is 5.69 Å². The van der Waals surface area contributed by atoms with E-state index >= 15 is 0 Å². The van der Waals surface area contributed by atoms with Gasteiger partial charge in [0, 0.05) is 9.13 Å². The first kappa shape index (κ1) is 15.6. The van der Waals surface area contributed by atoms with Crippen molar-refractivity contribution in [2.24, 2.45) is 0 Å². The number of ether oxygens (including phenoxy) is 1. The molecule has 106 valence electrons. The molecule has 2 aromatic rings. The van der Waals surface area contributed by atoms with Crippen LogP contribution in [0.3, 0.4) is 0 Å². The number of carbonyl (C=O) groups is 1. The summed E-state index contributed by atoms with van der Waals surface area (Å²) in [7, 11) is 1.48. The summed E-state index contributed by atoms with van der Waals surface area (Å²) in [6.07, 6.45) is 0. The molecule has 2 aromatic carbocycles. The number of para-hydroxylation sites is 1. The van der Waals surface area contributed by atoms with E-state index in [1.54, 1.807) is 36.4 Å². The van der Waals surface area contributed by atoms with E-state index in [0.29, 0.717) is 27.6 Å². The third-order valence-corrected chi connectivity index (χ3v) is 4.36. The second kappa shape index (κ2) is 6.78. The van der Waals surface area contributed by atoms with E-state index in [1.807, 2.05) is 6.07 Å². The van der Waals surface area contributed by atoms with Crippen LogP contribution in [-0.2, 0) is 0 Å². The number of hydrogen-bond donors (Lipinski definition) is 1. The quantitative estimate of drug-likeness (QED) is 0.773. The Morgan fingerprint density at radius 1 is 1.38 bits per heavy atom. The van der Waals surface area contributed by atoms with Crippen LogP contribution in [0.15, 0.2) is 36.4 Å². The van der Waals surface area contributed by atoms with Crippen molar-refractivity contribution in [2.75, 3.05) is 12.4 Å². The zero-order valence-electron chi connectivity index (χ0n) is 11.0. The van der Waals surface area contributed by atoms with Gasteiger partial charge in [0.05, 0.1) is 17.7 Å². The van der Waals surface area contributed by atoms with Crippen molar-refractivity contribution >= 4 is 45.8 Å². The Morgan fingerprint density at radius 3 is 2.76 bits per heavy atom. The predicted molar refractivity (Wildman–Crippen MR) is 89.8 cm³/mol. The number of nitrogens with one attached hydrogen (secondary N) is 1. The number of methoxy groups -OCH3 is 1. The Kier molecular flexibility index (Phi) is 5.04. The van der Waals surface area contributed by atoms with Crippen LogP contribution in [0.25, 0.3) is 0 Å². The fraction of sp³-hybridized carbons (Fsp3) is 0.0667. The van der Waals surface area contributed by atoms with Gasteiger partial charge < -0.3 is 10.1 Å². The number of hydrogen-bond acceptors (Lipinski definition) is 3. The highest BCUT2D eigenvalue weighted by Crippen LogP contribution is 2.28. The fourth-order valence-corrected chi connectivity index (χ4v) is 2.26. The summed E-state index contributed by atoms with van der Waals surface area (Å²) in [5.41, 5.74) is 1.09. The van der Waals surface area contributed by atoms with Gasteiger partial charge in [-0.3, -0.25) is 4.79 Å². The lowest BCUT2D eigenvalue weighted by atomic mass is 10.1. The standard InChI is InChI=1S/C15H10ClIN2O2/c1-21-13-4-2-3-10(8-18)14(13)19-15(20)9-5-6-12(17)11(16)7-9/h2-7H,1H3,(H,19,20). The van der Waals surface area contributed by atoms with Crippen molar-refractivity contribution < 1.29 is 9.53 Å². The summed E-state index contributed by atoms with van der Waals surface area (Å²) in [5.74, 6) is 0.0771. The van der Waals surface area contributed by atoms with Crippen LogP contribution in [0.1, 0.15) is 15.9 Å². The molecule has 0 aliphatic carbocycles. The van der Waals surface area contributed by atoms with Gasteiger partial charge in [0.15, 0.2) is 0 Å². The summed E-state index contributed by atoms with van der Waals surface area (Å²) in [5, 5.41) is 12.3. The second-order valence-corrected chi connectivity index (χ2v) is 5.65. The van der Waals surface area contributed by atoms with E-state index < -0.39 is 0 Å². The number of halogens is 2. The summed E-state index contributed by atoms with van der Waals surface area (Å²) >= 11 is 8.10. The molecular weight excluding hydrogens is 403 g/mol. The van der Waals surface area contributed by atoms with Gasteiger partial charge in [-0.2, -0.15) is 5.26 Å². The molecule has 0 aliphatic heterocycles. The van der Waals surface area contributed by atoms with Gasteiger partial charge >= 0.3 is 0 Å². The maximum atomic E-state index is 12.3. The topological polar surface area (TPSA) is 62.1 Å². The highest BCUT2D eigenvalue weighted by Gasteiger charge is 2.14. The van der Waals surface area contributed by atoms with Crippen LogP contribution < -0.4 is 10.1 Å². The normalized spacial score (nSPS) is 9.81. The molecule has 0 atom stereocenters. The number of benzene rings is 2. The number of anilines is 1. The zero-order chi connectivity index (χ0) is 15.4. The van der Waals surface area contributed by atoms with Gasteiger partial charge in [-0.1, -0.05) is 17.7 Å². The maximum Gasteiger partial charge on any atom is 0.255 e. The highest BCUT2D eigenvalue weighted by atomic mass is 127. The molecule has 1 N–H and O–H groups in total. The van der Waals surface area contributed by atoms with Crippen molar-refractivity contribution in [3.05, 3.63) is 56.1 Å². The largest absolute Gasteiger partial charge is 0.495 e. The predicted octanol–water partition coefficient (Wildman–Crippen LogP) is 4.08. The Hall–Kier alpha value is -1.78. The Morgan fingerprint density at radius 2 is 2.14 bits per heavy atom. The van der Waals surface area contributed by atoms with Gasteiger partial charge in [0.2, 0.25) is 0 Å². The SMILES string of the molecule is COc1cccc(C#N)c1NC(=O)c1ccc(I)c(Cl)c1. The Balaban J connectivity index is 2.36. The number of carbonyl (C=O) groups excluding carboxylic acids is 1. The van der Waals surface area contributed by atoms with Crippen molar-refractivity contribution in [1.82, 2.24) is 0 Å². The van der Waals surface area contributed by atoms with Crippen molar-refractivity contribution in [3.63, 3.8) is 0 Å². The van der Waals surface area contributed by atoms with Gasteiger partial charge in [0.1, 0.15) is 17.5 Å². The third kappa shape index (κ3) is 3.46. The molecule has 0 radical (unpaired) electrons. The van der Waals surface area contributed by atoms with Crippen LogP contribution in [0.2, 0.25) is 5.02 Å². The number of amides is 1. The fourth-order valence-electron chi connectivity index (χ4n) is 1.75. The maximum absolute atomic E-state index is 12.3. The van der Waals surface area contributed by atoms with Crippen molar-refractivity contribution in [3.8, 4) is 11.8 Å². The van der Waals surface area contributed by atoms with E-state index in [-0.39, 0.29) is 5.91 Å². The number of nitriles is 1. The van der Waals surface area contributed by atoms with Gasteiger partial charge in [-0.05, 0) is 52.9 Å². The molecular formula is C15H10ClIN2O2. The molecule has 6 heteroatoms. The minimum absolute atomic E-state index is 0.333. The minimum Gasteiger partial charge on any atom is -0.495 e. The van der Waals surface area contributed by atoms with Gasteiger partial charge in [0.25, 0.3) is 5.91 Å². The molecule has 0 fully saturated rings. The lowest BCUT2D eigenvalue weighted by molar-refractivity contribution is 0.102. The molecule has 0 saturated heterocycles. The average Bonchev–Trinajstić information content (AvgIpc) is 2.50. The van der Waals surface area contributed by atoms with Crippen LogP contribution in [-0.4, -0.2) is 13.0 Å². The molecule has 2 rings (SSSR count). The molecule has 21 heavy (non-hydrogen) atoms. The molecule has 0 unspecified atom stereocenters. The zero-order valence-corrected chi connectivity index (χ0v) is 13.9. The number of nitrogens with zero attached hydrogens (tertiary/aromatic N) is 1. The molecule has 0 heterocycles. The molecule has 4 nitrogen and oxygen atoms in total. The van der Waals surface area contributed by atoms with Crippen LogP contribution in [0, 0.1) is 14.9 Å². The highest BCUT2D eigenvalue weighted by molar-refractivity contribution is 14.1. The minimum atomic E-state index is -0.352. The monoisotopic (exact) mass is 412 g/mol. The molecule has 0 saturated carbocycles. The van der Waals surface area contributed by atoms with Crippen LogP contribution in [0.5, 0.6) is 5.75 Å². The van der Waals surface area contributed by atoms with E-state index in [1.165, 1.54) is 7.11 Å². The second-order valence-electron chi connectivity index (χ2n) is 4.08. The third-order valence-electron chi connectivity index (χ3n) is 2.79. The Bertz CT molecular complexity index is 741. The Labute approximate surface area is 140 Å².